The molecule has 0 spiro atoms. The lowest BCUT2D eigenvalue weighted by atomic mass is 10.2. The molecule has 2 aromatic rings. The van der Waals surface area contributed by atoms with Gasteiger partial charge in [0, 0.05) is 12.1 Å². The van der Waals surface area contributed by atoms with Gasteiger partial charge in [0.15, 0.2) is 5.50 Å². The van der Waals surface area contributed by atoms with Crippen LogP contribution in [-0.2, 0) is 11.0 Å². The van der Waals surface area contributed by atoms with Crippen LogP contribution < -0.4 is 21.2 Å². The fourth-order valence-electron chi connectivity index (χ4n) is 2.76. The lowest BCUT2D eigenvalue weighted by Crippen LogP contribution is -2.83. The predicted molar refractivity (Wildman–Crippen MR) is 106 cm³/mol. The first-order valence-electron chi connectivity index (χ1n) is 8.91. The largest absolute Gasteiger partial charge is 0.507 e. The number of aromatic hydroxyl groups is 1. The highest BCUT2D eigenvalue weighted by Crippen LogP contribution is 2.31. The molecule has 1 aliphatic heterocycles. The van der Waals surface area contributed by atoms with Gasteiger partial charge in [0.25, 0.3) is 0 Å². The van der Waals surface area contributed by atoms with Gasteiger partial charge in [0.1, 0.15) is 12.0 Å². The normalized spacial score (nSPS) is 21.7. The van der Waals surface area contributed by atoms with Crippen LogP contribution >= 0.6 is 11.8 Å². The molecule has 1 heterocycles. The van der Waals surface area contributed by atoms with Crippen molar-refractivity contribution in [2.24, 2.45) is 0 Å². The second-order valence-corrected chi connectivity index (χ2v) is 7.84. The van der Waals surface area contributed by atoms with Crippen molar-refractivity contribution in [1.29, 1.82) is 0 Å². The van der Waals surface area contributed by atoms with E-state index in [1.807, 2.05) is 0 Å². The van der Waals surface area contributed by atoms with Gasteiger partial charge in [-0.1, -0.05) is 18.2 Å². The standard InChI is InChI=1S/C19H19F3N4O3S/c20-19(21,22)12-5-3-6-13(8-12)24-16(28)9-15-17(29)25-18(30-15)26-23-10-11-4-1-2-7-14(11)27/h1-8,10,15,17-18,25-27,29H,9H2,(H,24,28)/p+1/b23-10+/t15-,17?,18?/m0/s1. The van der Waals surface area contributed by atoms with E-state index in [0.717, 1.165) is 12.1 Å². The number of carbonyl (C=O) groups excluding carboxylic acids is 1. The summed E-state index contributed by atoms with van der Waals surface area (Å²) in [5.74, 6) is -0.412. The molecule has 3 rings (SSSR count). The number of aliphatic hydroxyl groups excluding tert-OH is 1. The maximum atomic E-state index is 12.8. The van der Waals surface area contributed by atoms with E-state index in [4.69, 9.17) is 0 Å². The number of halogens is 3. The smallest absolute Gasteiger partial charge is 0.416 e. The number of para-hydroxylation sites is 1. The number of carbonyl (C=O) groups is 1. The van der Waals surface area contributed by atoms with Crippen molar-refractivity contribution < 1.29 is 33.3 Å². The van der Waals surface area contributed by atoms with Crippen LogP contribution in [0.5, 0.6) is 5.75 Å². The van der Waals surface area contributed by atoms with E-state index >= 15 is 0 Å². The highest BCUT2D eigenvalue weighted by atomic mass is 32.2. The number of nitrogens with one attached hydrogen (secondary N) is 4. The van der Waals surface area contributed by atoms with Gasteiger partial charge >= 0.3 is 6.18 Å². The molecule has 2 unspecified atom stereocenters. The molecular formula is C19H20F3N4O3S+. The minimum Gasteiger partial charge on any atom is -0.507 e. The lowest BCUT2D eigenvalue weighted by Gasteiger charge is -2.13. The average Bonchev–Trinajstić information content (AvgIpc) is 3.02. The van der Waals surface area contributed by atoms with Gasteiger partial charge in [0.05, 0.1) is 16.4 Å². The Hall–Kier alpha value is -2.76. The monoisotopic (exact) mass is 441 g/mol. The number of benzene rings is 2. The maximum Gasteiger partial charge on any atom is 0.416 e. The van der Waals surface area contributed by atoms with E-state index in [1.54, 1.807) is 24.3 Å². The molecule has 1 amide bonds. The summed E-state index contributed by atoms with van der Waals surface area (Å²) in [6.45, 7) is 0. The third-order valence-electron chi connectivity index (χ3n) is 4.22. The molecule has 0 radical (unpaired) electrons. The lowest BCUT2D eigenvalue weighted by molar-refractivity contribution is -0.525. The molecule has 160 valence electrons. The number of phenols is 1. The van der Waals surface area contributed by atoms with Crippen molar-refractivity contribution in [2.45, 2.75) is 29.6 Å². The summed E-state index contributed by atoms with van der Waals surface area (Å²) in [5, 5.41) is 27.4. The predicted octanol–water partition coefficient (Wildman–Crippen LogP) is 0.751. The van der Waals surface area contributed by atoms with Crippen molar-refractivity contribution in [3.63, 3.8) is 0 Å². The van der Waals surface area contributed by atoms with Crippen molar-refractivity contribution in [2.75, 3.05) is 5.32 Å². The molecule has 1 saturated heterocycles. The second kappa shape index (κ2) is 9.37. The van der Waals surface area contributed by atoms with Crippen LogP contribution in [-0.4, -0.2) is 39.3 Å². The SMILES string of the molecule is O=C(C[C@@H]1SC(N/[NH+]=C/c2ccccc2O)NC1O)Nc1cccc(C(F)(F)F)c1. The number of rotatable bonds is 6. The van der Waals surface area contributed by atoms with Crippen molar-refractivity contribution >= 4 is 29.6 Å². The van der Waals surface area contributed by atoms with Gasteiger partial charge < -0.3 is 15.5 Å². The number of anilines is 1. The average molecular weight is 441 g/mol. The Morgan fingerprint density at radius 2 is 2.00 bits per heavy atom. The van der Waals surface area contributed by atoms with Gasteiger partial charge in [-0.3, -0.25) is 10.1 Å². The van der Waals surface area contributed by atoms with Crippen molar-refractivity contribution in [3.05, 3.63) is 59.7 Å². The quantitative estimate of drug-likeness (QED) is 0.292. The zero-order valence-electron chi connectivity index (χ0n) is 15.5. The van der Waals surface area contributed by atoms with Crippen LogP contribution in [0.2, 0.25) is 0 Å². The Kier molecular flexibility index (Phi) is 6.85. The molecule has 30 heavy (non-hydrogen) atoms. The molecule has 0 saturated carbocycles. The molecule has 3 atom stereocenters. The molecule has 1 aliphatic rings. The number of hydrazone groups is 1. The van der Waals surface area contributed by atoms with Gasteiger partial charge in [-0.05, 0) is 30.3 Å². The van der Waals surface area contributed by atoms with E-state index in [0.29, 0.717) is 5.56 Å². The van der Waals surface area contributed by atoms with E-state index < -0.39 is 34.6 Å². The van der Waals surface area contributed by atoms with Gasteiger partial charge in [0.2, 0.25) is 12.1 Å². The third kappa shape index (κ3) is 5.88. The topological polar surface area (TPSA) is 108 Å². The highest BCUT2D eigenvalue weighted by molar-refractivity contribution is 8.00. The first kappa shape index (κ1) is 21.9. The third-order valence-corrected chi connectivity index (χ3v) is 5.52. The number of alkyl halides is 3. The van der Waals surface area contributed by atoms with Crippen molar-refractivity contribution in [3.8, 4) is 5.75 Å². The Morgan fingerprint density at radius 1 is 1.23 bits per heavy atom. The fraction of sp³-hybridized carbons (Fsp3) is 0.263. The maximum absolute atomic E-state index is 12.8. The highest BCUT2D eigenvalue weighted by Gasteiger charge is 2.35. The Morgan fingerprint density at radius 3 is 2.73 bits per heavy atom. The molecule has 0 bridgehead atoms. The first-order valence-corrected chi connectivity index (χ1v) is 9.85. The van der Waals surface area contributed by atoms with Crippen LogP contribution in [0.4, 0.5) is 18.9 Å². The van der Waals surface area contributed by atoms with Crippen LogP contribution in [0.15, 0.2) is 48.5 Å². The number of amides is 1. The Labute approximate surface area is 174 Å². The molecule has 0 aliphatic carbocycles. The van der Waals surface area contributed by atoms with E-state index in [9.17, 15) is 28.2 Å². The Bertz CT molecular complexity index is 926. The molecule has 0 aromatic heterocycles. The molecular weight excluding hydrogens is 421 g/mol. The molecule has 1 fully saturated rings. The number of hydrogen-bond acceptors (Lipinski definition) is 6. The zero-order chi connectivity index (χ0) is 21.7. The summed E-state index contributed by atoms with van der Waals surface area (Å²) in [5.41, 5.74) is 2.19. The number of thioether (sulfide) groups is 1. The van der Waals surface area contributed by atoms with E-state index in [2.05, 4.69) is 21.2 Å². The first-order chi connectivity index (χ1) is 14.2. The molecule has 7 nitrogen and oxygen atoms in total. The number of aliphatic hydroxyl groups is 1. The molecule has 2 aromatic carbocycles. The molecule has 6 N–H and O–H groups in total. The summed E-state index contributed by atoms with van der Waals surface area (Å²) >= 11 is 1.25. The van der Waals surface area contributed by atoms with Crippen LogP contribution in [0.1, 0.15) is 17.5 Å². The summed E-state index contributed by atoms with van der Waals surface area (Å²) in [6.07, 6.45) is -4.05. The minimum atomic E-state index is -4.50. The summed E-state index contributed by atoms with van der Waals surface area (Å²) in [6, 6.07) is 11.1. The van der Waals surface area contributed by atoms with E-state index in [-0.39, 0.29) is 17.9 Å². The van der Waals surface area contributed by atoms with E-state index in [1.165, 1.54) is 30.1 Å². The van der Waals surface area contributed by atoms with Gasteiger partial charge in [-0.15, -0.1) is 16.9 Å². The minimum absolute atomic E-state index is 0.0360. The fourth-order valence-corrected chi connectivity index (χ4v) is 3.94. The summed E-state index contributed by atoms with van der Waals surface area (Å²) in [7, 11) is 0. The number of hydrazine groups is 1. The van der Waals surface area contributed by atoms with Crippen LogP contribution in [0, 0.1) is 0 Å². The number of phenolic OH excluding ortho intramolecular Hbond substituents is 1. The Balaban J connectivity index is 1.51. The summed E-state index contributed by atoms with van der Waals surface area (Å²) < 4.78 is 38.3. The number of hydrogen-bond donors (Lipinski definition) is 6. The van der Waals surface area contributed by atoms with Crippen LogP contribution in [0.25, 0.3) is 0 Å². The molecule has 11 heteroatoms. The zero-order valence-corrected chi connectivity index (χ0v) is 16.3. The van der Waals surface area contributed by atoms with Gasteiger partial charge in [-0.25, -0.2) is 0 Å². The second-order valence-electron chi connectivity index (χ2n) is 6.49. The van der Waals surface area contributed by atoms with Gasteiger partial charge in [-0.2, -0.15) is 18.6 Å². The van der Waals surface area contributed by atoms with Crippen molar-refractivity contribution in [1.82, 2.24) is 10.7 Å². The summed E-state index contributed by atoms with van der Waals surface area (Å²) in [4.78, 5) is 12.2. The van der Waals surface area contributed by atoms with Crippen LogP contribution in [0.3, 0.4) is 0 Å².